The Balaban J connectivity index is 2.48. The molecule has 0 aromatic heterocycles. The van der Waals surface area contributed by atoms with E-state index in [9.17, 15) is 13.5 Å². The number of aliphatic hydroxyl groups is 1. The van der Waals surface area contributed by atoms with Crippen molar-refractivity contribution in [3.8, 4) is 0 Å². The zero-order valence-corrected chi connectivity index (χ0v) is 9.65. The van der Waals surface area contributed by atoms with Gasteiger partial charge in [0.2, 0.25) is 0 Å². The van der Waals surface area contributed by atoms with Gasteiger partial charge in [-0.15, -0.1) is 0 Å². The first-order valence-electron chi connectivity index (χ1n) is 5.28. The van der Waals surface area contributed by atoms with Crippen LogP contribution in [0.1, 0.15) is 24.5 Å². The summed E-state index contributed by atoms with van der Waals surface area (Å²) in [5.41, 5.74) is 5.78. The second-order valence-electron chi connectivity index (χ2n) is 4.03. The summed E-state index contributed by atoms with van der Waals surface area (Å²) in [7, 11) is -3.27. The lowest BCUT2D eigenvalue weighted by atomic mass is 10.1. The molecular weight excluding hydrogens is 226 g/mol. The van der Waals surface area contributed by atoms with Crippen molar-refractivity contribution in [2.45, 2.75) is 29.1 Å². The molecule has 88 valence electrons. The first-order chi connectivity index (χ1) is 7.57. The maximum absolute atomic E-state index is 12.1. The molecule has 1 aromatic carbocycles. The lowest BCUT2D eigenvalue weighted by Gasteiger charge is -2.13. The Morgan fingerprint density at radius 1 is 1.38 bits per heavy atom. The lowest BCUT2D eigenvalue weighted by Crippen LogP contribution is -2.17. The topological polar surface area (TPSA) is 80.4 Å². The van der Waals surface area contributed by atoms with Crippen LogP contribution >= 0.6 is 0 Å². The fourth-order valence-corrected chi connectivity index (χ4v) is 3.62. The van der Waals surface area contributed by atoms with Gasteiger partial charge in [0.15, 0.2) is 9.84 Å². The number of benzene rings is 1. The van der Waals surface area contributed by atoms with Crippen molar-refractivity contribution in [3.05, 3.63) is 29.8 Å². The van der Waals surface area contributed by atoms with Crippen molar-refractivity contribution >= 4 is 9.84 Å². The van der Waals surface area contributed by atoms with Gasteiger partial charge in [0.25, 0.3) is 0 Å². The molecular formula is C11H15NO3S. The second kappa shape index (κ2) is 4.16. The lowest BCUT2D eigenvalue weighted by molar-refractivity contribution is 0.183. The number of sulfone groups is 1. The molecule has 1 atom stereocenters. The van der Waals surface area contributed by atoms with Gasteiger partial charge in [0, 0.05) is 12.1 Å². The molecule has 0 aliphatic heterocycles. The van der Waals surface area contributed by atoms with Crippen molar-refractivity contribution in [2.75, 3.05) is 6.54 Å². The van der Waals surface area contributed by atoms with Crippen molar-refractivity contribution in [1.82, 2.24) is 0 Å². The van der Waals surface area contributed by atoms with E-state index in [1.807, 2.05) is 0 Å². The Hall–Kier alpha value is -0.910. The molecule has 0 spiro atoms. The van der Waals surface area contributed by atoms with Crippen LogP contribution in [0, 0.1) is 0 Å². The van der Waals surface area contributed by atoms with Gasteiger partial charge in [-0.1, -0.05) is 18.2 Å². The molecule has 5 heteroatoms. The quantitative estimate of drug-likeness (QED) is 0.809. The number of nitrogens with two attached hydrogens (primary N) is 1. The highest BCUT2D eigenvalue weighted by Crippen LogP contribution is 2.36. The summed E-state index contributed by atoms with van der Waals surface area (Å²) in [6.45, 7) is 0.0250. The highest BCUT2D eigenvalue weighted by molar-refractivity contribution is 7.92. The summed E-state index contributed by atoms with van der Waals surface area (Å²) in [5.74, 6) is 0. The van der Waals surface area contributed by atoms with Crippen LogP contribution in [0.25, 0.3) is 0 Å². The van der Waals surface area contributed by atoms with E-state index in [1.165, 1.54) is 0 Å². The summed E-state index contributed by atoms with van der Waals surface area (Å²) >= 11 is 0. The Bertz CT molecular complexity index is 480. The van der Waals surface area contributed by atoms with Crippen molar-refractivity contribution < 1.29 is 13.5 Å². The minimum atomic E-state index is -3.27. The predicted octanol–water partition coefficient (Wildman–Crippen LogP) is 0.615. The Morgan fingerprint density at radius 2 is 2.00 bits per heavy atom. The van der Waals surface area contributed by atoms with Gasteiger partial charge in [0.05, 0.1) is 16.2 Å². The van der Waals surface area contributed by atoms with E-state index in [2.05, 4.69) is 0 Å². The minimum Gasteiger partial charge on any atom is -0.387 e. The molecule has 16 heavy (non-hydrogen) atoms. The third-order valence-corrected chi connectivity index (χ3v) is 5.10. The van der Waals surface area contributed by atoms with Gasteiger partial charge in [-0.25, -0.2) is 8.42 Å². The average molecular weight is 241 g/mol. The van der Waals surface area contributed by atoms with Crippen LogP contribution in [-0.4, -0.2) is 25.3 Å². The monoisotopic (exact) mass is 241 g/mol. The highest BCUT2D eigenvalue weighted by Gasteiger charge is 2.38. The molecule has 1 saturated carbocycles. The van der Waals surface area contributed by atoms with Crippen LogP contribution < -0.4 is 5.73 Å². The van der Waals surface area contributed by atoms with Crippen molar-refractivity contribution in [2.24, 2.45) is 5.73 Å². The van der Waals surface area contributed by atoms with Crippen LogP contribution in [0.4, 0.5) is 0 Å². The van der Waals surface area contributed by atoms with E-state index in [0.29, 0.717) is 5.56 Å². The van der Waals surface area contributed by atoms with Crippen LogP contribution in [0.5, 0.6) is 0 Å². The highest BCUT2D eigenvalue weighted by atomic mass is 32.2. The summed E-state index contributed by atoms with van der Waals surface area (Å²) in [6, 6.07) is 6.54. The number of rotatable bonds is 4. The summed E-state index contributed by atoms with van der Waals surface area (Å²) < 4.78 is 24.2. The molecule has 0 radical (unpaired) electrons. The van der Waals surface area contributed by atoms with Gasteiger partial charge in [-0.3, -0.25) is 0 Å². The van der Waals surface area contributed by atoms with Gasteiger partial charge in [0.1, 0.15) is 0 Å². The van der Waals surface area contributed by atoms with E-state index in [1.54, 1.807) is 24.3 Å². The Kier molecular flexibility index (Phi) is 3.01. The molecule has 3 N–H and O–H groups in total. The molecule has 1 unspecified atom stereocenters. The summed E-state index contributed by atoms with van der Waals surface area (Å²) in [6.07, 6.45) is 0.523. The number of aliphatic hydroxyl groups excluding tert-OH is 1. The van der Waals surface area contributed by atoms with E-state index >= 15 is 0 Å². The van der Waals surface area contributed by atoms with Crippen molar-refractivity contribution in [3.63, 3.8) is 0 Å². The maximum Gasteiger partial charge on any atom is 0.181 e. The minimum absolute atomic E-state index is 0.0250. The maximum atomic E-state index is 12.1. The molecule has 2 rings (SSSR count). The smallest absolute Gasteiger partial charge is 0.181 e. The first-order valence-corrected chi connectivity index (χ1v) is 6.83. The molecule has 1 fully saturated rings. The van der Waals surface area contributed by atoms with Gasteiger partial charge < -0.3 is 10.8 Å². The van der Waals surface area contributed by atoms with Crippen molar-refractivity contribution in [1.29, 1.82) is 0 Å². The van der Waals surface area contributed by atoms with Crippen LogP contribution in [0.2, 0.25) is 0 Å². The third kappa shape index (κ3) is 1.98. The fourth-order valence-electron chi connectivity index (χ4n) is 1.70. The zero-order valence-electron chi connectivity index (χ0n) is 8.83. The molecule has 0 bridgehead atoms. The van der Waals surface area contributed by atoms with E-state index in [-0.39, 0.29) is 16.7 Å². The fraction of sp³-hybridized carbons (Fsp3) is 0.455. The van der Waals surface area contributed by atoms with Crippen LogP contribution in [-0.2, 0) is 9.84 Å². The summed E-state index contributed by atoms with van der Waals surface area (Å²) in [4.78, 5) is 0.232. The molecule has 1 aromatic rings. The zero-order chi connectivity index (χ0) is 11.8. The average Bonchev–Trinajstić information content (AvgIpc) is 3.12. The molecule has 1 aliphatic carbocycles. The van der Waals surface area contributed by atoms with Gasteiger partial charge in [-0.2, -0.15) is 0 Å². The molecule has 1 aliphatic rings. The number of hydrogen-bond donors (Lipinski definition) is 2. The molecule has 0 saturated heterocycles. The van der Waals surface area contributed by atoms with E-state index < -0.39 is 15.9 Å². The molecule has 0 heterocycles. The SMILES string of the molecule is NCC(O)c1ccccc1S(=O)(=O)C1CC1. The van der Waals surface area contributed by atoms with Crippen LogP contribution in [0.3, 0.4) is 0 Å². The second-order valence-corrected chi connectivity index (χ2v) is 6.23. The van der Waals surface area contributed by atoms with Gasteiger partial charge in [-0.05, 0) is 18.9 Å². The number of hydrogen-bond acceptors (Lipinski definition) is 4. The third-order valence-electron chi connectivity index (χ3n) is 2.77. The molecule has 4 nitrogen and oxygen atoms in total. The summed E-state index contributed by atoms with van der Waals surface area (Å²) in [5, 5.41) is 9.42. The normalized spacial score (nSPS) is 18.4. The van der Waals surface area contributed by atoms with Gasteiger partial charge >= 0.3 is 0 Å². The molecule has 0 amide bonds. The first kappa shape index (κ1) is 11.6. The predicted molar refractivity (Wildman–Crippen MR) is 60.7 cm³/mol. The largest absolute Gasteiger partial charge is 0.387 e. The van der Waals surface area contributed by atoms with Crippen LogP contribution in [0.15, 0.2) is 29.2 Å². The Morgan fingerprint density at radius 3 is 2.56 bits per heavy atom. The van der Waals surface area contributed by atoms with E-state index in [4.69, 9.17) is 5.73 Å². The van der Waals surface area contributed by atoms with E-state index in [0.717, 1.165) is 12.8 Å². The Labute approximate surface area is 95.0 Å². The standard InChI is InChI=1S/C11H15NO3S/c12-7-10(13)9-3-1-2-4-11(9)16(14,15)8-5-6-8/h1-4,8,10,13H,5-7,12H2.